The van der Waals surface area contributed by atoms with E-state index in [4.69, 9.17) is 0 Å². The molecule has 0 fully saturated rings. The Bertz CT molecular complexity index is 992. The average molecular weight is 351 g/mol. The number of nitro groups is 1. The first kappa shape index (κ1) is 17.2. The number of fused-ring (bicyclic) bond motifs is 1. The van der Waals surface area contributed by atoms with Gasteiger partial charge in [0, 0.05) is 19.2 Å². The number of hydrogen-bond acceptors (Lipinski definition) is 5. The first-order chi connectivity index (χ1) is 12.5. The van der Waals surface area contributed by atoms with E-state index in [1.807, 2.05) is 35.9 Å². The average Bonchev–Trinajstić information content (AvgIpc) is 2.95. The Labute approximate surface area is 149 Å². The van der Waals surface area contributed by atoms with Crippen LogP contribution in [0.5, 0.6) is 0 Å². The van der Waals surface area contributed by atoms with Gasteiger partial charge in [-0.25, -0.2) is 4.98 Å². The predicted octanol–water partition coefficient (Wildman–Crippen LogP) is 2.32. The van der Waals surface area contributed by atoms with Gasteiger partial charge in [0.15, 0.2) is 0 Å². The molecule has 2 aromatic carbocycles. The third-order valence-corrected chi connectivity index (χ3v) is 3.98. The van der Waals surface area contributed by atoms with Crippen LogP contribution in [-0.4, -0.2) is 20.4 Å². The zero-order valence-corrected chi connectivity index (χ0v) is 14.1. The fraction of sp³-hybridized carbons (Fsp3) is 0.111. The number of nitro benzene ring substituents is 1. The van der Waals surface area contributed by atoms with Gasteiger partial charge in [0.25, 0.3) is 5.69 Å². The number of para-hydroxylation sites is 2. The van der Waals surface area contributed by atoms with Crippen molar-refractivity contribution in [3.63, 3.8) is 0 Å². The molecule has 3 aromatic rings. The molecule has 0 radical (unpaired) electrons. The van der Waals surface area contributed by atoms with Crippen molar-refractivity contribution in [3.05, 3.63) is 76.6 Å². The number of rotatable bonds is 6. The summed E-state index contributed by atoms with van der Waals surface area (Å²) in [5.74, 6) is 0.373. The molecule has 0 saturated heterocycles. The maximum Gasteiger partial charge on any atom is 0.269 e. The van der Waals surface area contributed by atoms with Crippen molar-refractivity contribution in [2.75, 3.05) is 0 Å². The summed E-state index contributed by atoms with van der Waals surface area (Å²) >= 11 is 0. The second-order valence-corrected chi connectivity index (χ2v) is 5.71. The third kappa shape index (κ3) is 3.54. The SMILES string of the molecule is C=C(NNC(=O)Cc1nc2ccccc2n1C)c1ccc([N+](=O)[O-])cc1. The monoisotopic (exact) mass is 351 g/mol. The van der Waals surface area contributed by atoms with Gasteiger partial charge < -0.3 is 4.57 Å². The molecule has 0 atom stereocenters. The summed E-state index contributed by atoms with van der Waals surface area (Å²) in [4.78, 5) is 26.8. The lowest BCUT2D eigenvalue weighted by atomic mass is 10.1. The highest BCUT2D eigenvalue weighted by Gasteiger charge is 2.12. The molecule has 0 aliphatic heterocycles. The number of hydrogen-bond donors (Lipinski definition) is 2. The minimum absolute atomic E-state index is 0.00701. The lowest BCUT2D eigenvalue weighted by Gasteiger charge is -2.11. The van der Waals surface area contributed by atoms with Crippen molar-refractivity contribution in [1.82, 2.24) is 20.4 Å². The van der Waals surface area contributed by atoms with Gasteiger partial charge in [-0.3, -0.25) is 25.8 Å². The molecule has 1 aromatic heterocycles. The van der Waals surface area contributed by atoms with Gasteiger partial charge >= 0.3 is 0 Å². The van der Waals surface area contributed by atoms with E-state index in [-0.39, 0.29) is 18.0 Å². The standard InChI is InChI=1S/C18H17N5O3/c1-12(13-7-9-14(10-8-13)23(25)26)20-21-18(24)11-17-19-15-5-3-4-6-16(15)22(17)2/h3-10,20H,1,11H2,2H3,(H,21,24). The van der Waals surface area contributed by atoms with Crippen molar-refractivity contribution in [2.45, 2.75) is 6.42 Å². The zero-order chi connectivity index (χ0) is 18.7. The lowest BCUT2D eigenvalue weighted by molar-refractivity contribution is -0.384. The number of nitrogens with one attached hydrogen (secondary N) is 2. The van der Waals surface area contributed by atoms with E-state index in [0.29, 0.717) is 17.1 Å². The quantitative estimate of drug-likeness (QED) is 0.524. The van der Waals surface area contributed by atoms with Crippen molar-refractivity contribution in [3.8, 4) is 0 Å². The fourth-order valence-electron chi connectivity index (χ4n) is 2.54. The highest BCUT2D eigenvalue weighted by Crippen LogP contribution is 2.16. The molecule has 0 unspecified atom stereocenters. The number of benzene rings is 2. The zero-order valence-electron chi connectivity index (χ0n) is 14.1. The number of aromatic nitrogens is 2. The minimum Gasteiger partial charge on any atom is -0.331 e. The molecule has 8 heteroatoms. The molecule has 26 heavy (non-hydrogen) atoms. The van der Waals surface area contributed by atoms with Gasteiger partial charge in [-0.1, -0.05) is 18.7 Å². The highest BCUT2D eigenvalue weighted by molar-refractivity contribution is 5.81. The van der Waals surface area contributed by atoms with E-state index < -0.39 is 4.92 Å². The van der Waals surface area contributed by atoms with Crippen LogP contribution in [0.25, 0.3) is 16.7 Å². The molecular weight excluding hydrogens is 334 g/mol. The van der Waals surface area contributed by atoms with Crippen LogP contribution in [0.1, 0.15) is 11.4 Å². The number of hydrazine groups is 1. The lowest BCUT2D eigenvalue weighted by Crippen LogP contribution is -2.37. The van der Waals surface area contributed by atoms with Gasteiger partial charge in [0.2, 0.25) is 5.91 Å². The van der Waals surface area contributed by atoms with E-state index in [2.05, 4.69) is 22.4 Å². The molecular formula is C18H17N5O3. The smallest absolute Gasteiger partial charge is 0.269 e. The topological polar surface area (TPSA) is 102 Å². The van der Waals surface area contributed by atoms with Crippen molar-refractivity contribution in [2.24, 2.45) is 7.05 Å². The number of non-ortho nitro benzene ring substituents is 1. The second kappa shape index (κ2) is 7.06. The number of nitrogens with zero attached hydrogens (tertiary/aromatic N) is 3. The van der Waals surface area contributed by atoms with E-state index in [1.54, 1.807) is 12.1 Å². The summed E-state index contributed by atoms with van der Waals surface area (Å²) in [6.07, 6.45) is 0.103. The number of carbonyl (C=O) groups excluding carboxylic acids is 1. The van der Waals surface area contributed by atoms with Crippen molar-refractivity contribution in [1.29, 1.82) is 0 Å². The van der Waals surface area contributed by atoms with Gasteiger partial charge in [-0.15, -0.1) is 0 Å². The Morgan fingerprint density at radius 2 is 1.88 bits per heavy atom. The first-order valence-corrected chi connectivity index (χ1v) is 7.84. The van der Waals surface area contributed by atoms with Gasteiger partial charge in [0.1, 0.15) is 5.82 Å². The Kier molecular flexibility index (Phi) is 4.66. The molecule has 0 spiro atoms. The normalized spacial score (nSPS) is 10.5. The fourth-order valence-corrected chi connectivity index (χ4v) is 2.54. The van der Waals surface area contributed by atoms with Crippen LogP contribution in [0.3, 0.4) is 0 Å². The van der Waals surface area contributed by atoms with Gasteiger partial charge in [0.05, 0.1) is 28.1 Å². The van der Waals surface area contributed by atoms with Crippen molar-refractivity contribution < 1.29 is 9.72 Å². The van der Waals surface area contributed by atoms with E-state index in [1.165, 1.54) is 12.1 Å². The summed E-state index contributed by atoms with van der Waals surface area (Å²) in [6.45, 7) is 3.81. The Hall–Kier alpha value is -3.68. The second-order valence-electron chi connectivity index (χ2n) is 5.71. The molecule has 1 heterocycles. The molecule has 0 aliphatic carbocycles. The van der Waals surface area contributed by atoms with E-state index >= 15 is 0 Å². The third-order valence-electron chi connectivity index (χ3n) is 3.98. The maximum atomic E-state index is 12.2. The minimum atomic E-state index is -0.474. The molecule has 2 N–H and O–H groups in total. The molecule has 0 saturated carbocycles. The van der Waals surface area contributed by atoms with Crippen LogP contribution in [0.2, 0.25) is 0 Å². The highest BCUT2D eigenvalue weighted by atomic mass is 16.6. The van der Waals surface area contributed by atoms with Crippen LogP contribution in [0, 0.1) is 10.1 Å². The molecule has 1 amide bonds. The molecule has 0 aliphatic rings. The predicted molar refractivity (Wildman–Crippen MR) is 97.8 cm³/mol. The Balaban J connectivity index is 1.60. The summed E-state index contributed by atoms with van der Waals surface area (Å²) in [6, 6.07) is 13.5. The maximum absolute atomic E-state index is 12.2. The summed E-state index contributed by atoms with van der Waals surface area (Å²) in [5, 5.41) is 10.7. The van der Waals surface area contributed by atoms with Gasteiger partial charge in [-0.2, -0.15) is 0 Å². The Morgan fingerprint density at radius 1 is 1.19 bits per heavy atom. The molecule has 3 rings (SSSR count). The number of amides is 1. The van der Waals surface area contributed by atoms with Crippen LogP contribution in [-0.2, 0) is 18.3 Å². The van der Waals surface area contributed by atoms with Gasteiger partial charge in [-0.05, 0) is 29.8 Å². The van der Waals surface area contributed by atoms with Crippen molar-refractivity contribution >= 4 is 28.3 Å². The number of aryl methyl sites for hydroxylation is 1. The summed E-state index contributed by atoms with van der Waals surface area (Å²) < 4.78 is 1.88. The summed E-state index contributed by atoms with van der Waals surface area (Å²) in [5.41, 5.74) is 8.13. The van der Waals surface area contributed by atoms with Crippen LogP contribution >= 0.6 is 0 Å². The molecule has 132 valence electrons. The van der Waals surface area contributed by atoms with Crippen LogP contribution in [0.4, 0.5) is 5.69 Å². The molecule has 0 bridgehead atoms. The summed E-state index contributed by atoms with van der Waals surface area (Å²) in [7, 11) is 1.86. The Morgan fingerprint density at radius 3 is 2.54 bits per heavy atom. The number of imidazole rings is 1. The van der Waals surface area contributed by atoms with E-state index in [9.17, 15) is 14.9 Å². The molecule has 8 nitrogen and oxygen atoms in total. The van der Waals surface area contributed by atoms with Crippen LogP contribution in [0.15, 0.2) is 55.1 Å². The van der Waals surface area contributed by atoms with E-state index in [0.717, 1.165) is 11.0 Å². The van der Waals surface area contributed by atoms with Crippen LogP contribution < -0.4 is 10.9 Å². The number of carbonyl (C=O) groups is 1. The largest absolute Gasteiger partial charge is 0.331 e. The first-order valence-electron chi connectivity index (χ1n) is 7.84.